The van der Waals surface area contributed by atoms with Crippen LogP contribution in [0.25, 0.3) is 0 Å². The molecule has 6 heavy (non-hydrogen) atoms. The Morgan fingerprint density at radius 1 is 1.50 bits per heavy atom. The average molecular weight is 162 g/mol. The first kappa shape index (κ1) is 6.12. The number of rotatable bonds is 0. The summed E-state index contributed by atoms with van der Waals surface area (Å²) in [6, 6.07) is 0. The van der Waals surface area contributed by atoms with Gasteiger partial charge in [0.05, 0.1) is 0 Å². The van der Waals surface area contributed by atoms with Gasteiger partial charge in [0.2, 0.25) is 0 Å². The van der Waals surface area contributed by atoms with Crippen molar-refractivity contribution in [2.45, 2.75) is 13.8 Å². The summed E-state index contributed by atoms with van der Waals surface area (Å²) in [6.07, 6.45) is 0. The molecule has 0 aromatic carbocycles. The summed E-state index contributed by atoms with van der Waals surface area (Å²) in [5.41, 5.74) is 4.06. The zero-order valence-electron chi connectivity index (χ0n) is 3.91. The summed E-state index contributed by atoms with van der Waals surface area (Å²) in [5.74, 6) is 0. The molecule has 0 saturated heterocycles. The van der Waals surface area contributed by atoms with Gasteiger partial charge in [0.1, 0.15) is 0 Å². The summed E-state index contributed by atoms with van der Waals surface area (Å²) < 4.78 is 2.79. The van der Waals surface area contributed by atoms with Crippen molar-refractivity contribution >= 4 is 4.06 Å². The summed E-state index contributed by atoms with van der Waals surface area (Å²) >= 11 is 1.78. The van der Waals surface area contributed by atoms with Crippen molar-refractivity contribution < 1.29 is 19.4 Å². The first-order valence-corrected chi connectivity index (χ1v) is 2.71. The molecule has 0 aliphatic rings. The van der Waals surface area contributed by atoms with E-state index < -0.39 is 0 Å². The first-order valence-electron chi connectivity index (χ1n) is 1.70. The van der Waals surface area contributed by atoms with Crippen LogP contribution in [0.1, 0.15) is 13.8 Å². The van der Waals surface area contributed by atoms with Gasteiger partial charge in [0.15, 0.2) is 0 Å². The van der Waals surface area contributed by atoms with Gasteiger partial charge >= 0.3 is 48.6 Å². The Hall–Kier alpha value is 0.118. The van der Waals surface area contributed by atoms with Crippen LogP contribution >= 0.6 is 0 Å². The molecule has 0 fully saturated rings. The van der Waals surface area contributed by atoms with Crippen LogP contribution in [0, 0.1) is 0 Å². The molecule has 0 nitrogen and oxygen atoms in total. The Labute approximate surface area is 49.0 Å². The molecule has 1 heteroatoms. The zero-order chi connectivity index (χ0) is 4.99. The van der Waals surface area contributed by atoms with E-state index in [0.717, 1.165) is 0 Å². The van der Waals surface area contributed by atoms with Crippen molar-refractivity contribution in [3.8, 4) is 0 Å². The SMILES string of the molecule is CC(C)=C=[C]=[Mo]. The zero-order valence-corrected chi connectivity index (χ0v) is 5.92. The van der Waals surface area contributed by atoms with E-state index in [9.17, 15) is 0 Å². The van der Waals surface area contributed by atoms with Gasteiger partial charge in [-0.3, -0.25) is 0 Å². The van der Waals surface area contributed by atoms with Crippen LogP contribution in [0.5, 0.6) is 0 Å². The number of hydrogen-bond acceptors (Lipinski definition) is 0. The summed E-state index contributed by atoms with van der Waals surface area (Å²) in [4.78, 5) is 0. The molecule has 0 amide bonds. The molecule has 0 aromatic rings. The van der Waals surface area contributed by atoms with E-state index in [1.54, 1.807) is 19.4 Å². The molecular weight excluding hydrogens is 156 g/mol. The fraction of sp³-hybridized carbons (Fsp3) is 0.400. The predicted octanol–water partition coefficient (Wildman–Crippen LogP) is 1.06. The molecule has 0 radical (unpaired) electrons. The molecule has 0 aromatic heterocycles. The van der Waals surface area contributed by atoms with Gasteiger partial charge in [-0.15, -0.1) is 0 Å². The molecule has 0 heterocycles. The second-order valence-electron chi connectivity index (χ2n) is 1.23. The van der Waals surface area contributed by atoms with E-state index in [-0.39, 0.29) is 0 Å². The normalized spacial score (nSPS) is 5.67. The average Bonchev–Trinajstić information content (AvgIpc) is 1.35. The van der Waals surface area contributed by atoms with E-state index in [1.165, 1.54) is 5.57 Å². The molecule has 0 aliphatic carbocycles. The van der Waals surface area contributed by atoms with Crippen LogP contribution in [0.3, 0.4) is 0 Å². The van der Waals surface area contributed by atoms with Crippen molar-refractivity contribution in [2.24, 2.45) is 0 Å². The van der Waals surface area contributed by atoms with Crippen LogP contribution < -0.4 is 0 Å². The minimum absolute atomic E-state index is 1.18. The van der Waals surface area contributed by atoms with Gasteiger partial charge in [-0.1, -0.05) is 0 Å². The van der Waals surface area contributed by atoms with E-state index in [1.807, 2.05) is 13.8 Å². The van der Waals surface area contributed by atoms with Gasteiger partial charge < -0.3 is 0 Å². The van der Waals surface area contributed by atoms with Gasteiger partial charge in [0, 0.05) is 0 Å². The van der Waals surface area contributed by atoms with Gasteiger partial charge in [0.25, 0.3) is 0 Å². The third-order valence-electron chi connectivity index (χ3n) is 0.301. The fourth-order valence-corrected chi connectivity index (χ4v) is 0.604. The van der Waals surface area contributed by atoms with Crippen LogP contribution in [0.15, 0.2) is 11.3 Å². The molecule has 0 atom stereocenters. The van der Waals surface area contributed by atoms with E-state index in [0.29, 0.717) is 0 Å². The van der Waals surface area contributed by atoms with Gasteiger partial charge in [-0.05, 0) is 0 Å². The molecule has 0 rings (SSSR count). The second kappa shape index (κ2) is 3.31. The Morgan fingerprint density at radius 3 is 2.00 bits per heavy atom. The molecule has 0 N–H and O–H groups in total. The first-order chi connectivity index (χ1) is 2.77. The Morgan fingerprint density at radius 2 is 2.00 bits per heavy atom. The summed E-state index contributed by atoms with van der Waals surface area (Å²) in [5, 5.41) is 0. The van der Waals surface area contributed by atoms with Crippen LogP contribution in [-0.2, 0) is 19.4 Å². The second-order valence-corrected chi connectivity index (χ2v) is 1.73. The van der Waals surface area contributed by atoms with E-state index in [2.05, 4.69) is 9.79 Å². The van der Waals surface area contributed by atoms with Crippen molar-refractivity contribution in [2.75, 3.05) is 0 Å². The molecular formula is C5H6Mo. The fourth-order valence-electron chi connectivity index (χ4n) is 0.102. The minimum atomic E-state index is 1.18. The van der Waals surface area contributed by atoms with Crippen molar-refractivity contribution in [1.82, 2.24) is 0 Å². The summed E-state index contributed by atoms with van der Waals surface area (Å²) in [7, 11) is 0. The van der Waals surface area contributed by atoms with Crippen molar-refractivity contribution in [3.63, 3.8) is 0 Å². The third kappa shape index (κ3) is 4.12. The molecule has 0 aliphatic heterocycles. The molecule has 32 valence electrons. The Balaban J connectivity index is 4.13. The van der Waals surface area contributed by atoms with Gasteiger partial charge in [-0.2, -0.15) is 0 Å². The van der Waals surface area contributed by atoms with Crippen molar-refractivity contribution in [1.29, 1.82) is 0 Å². The summed E-state index contributed by atoms with van der Waals surface area (Å²) in [6.45, 7) is 4.00. The van der Waals surface area contributed by atoms with E-state index >= 15 is 0 Å². The Kier molecular flexibility index (Phi) is 3.38. The van der Waals surface area contributed by atoms with Crippen molar-refractivity contribution in [3.05, 3.63) is 11.3 Å². The number of allylic oxidation sites excluding steroid dienone is 1. The van der Waals surface area contributed by atoms with Crippen LogP contribution in [0.2, 0.25) is 0 Å². The molecule has 0 unspecified atom stereocenters. The van der Waals surface area contributed by atoms with Gasteiger partial charge in [-0.25, -0.2) is 0 Å². The maximum absolute atomic E-state index is 2.88. The monoisotopic (exact) mass is 164 g/mol. The van der Waals surface area contributed by atoms with Crippen LogP contribution in [0.4, 0.5) is 0 Å². The third-order valence-corrected chi connectivity index (χ3v) is 0.552. The molecule has 0 bridgehead atoms. The predicted molar refractivity (Wildman–Crippen MR) is 23.4 cm³/mol. The molecule has 0 spiro atoms. The Bertz CT molecular complexity index is 108. The molecule has 0 saturated carbocycles. The quantitative estimate of drug-likeness (QED) is 0.369. The number of hydrogen-bond donors (Lipinski definition) is 0. The van der Waals surface area contributed by atoms with Crippen LogP contribution in [-0.4, -0.2) is 4.06 Å². The topological polar surface area (TPSA) is 0 Å². The standard InChI is InChI=1S/C5H6.Mo/c1-4-5(2)3;/h2-3H3;. The maximum atomic E-state index is 2.88. The van der Waals surface area contributed by atoms with E-state index in [4.69, 9.17) is 0 Å².